The third-order valence-electron chi connectivity index (χ3n) is 2.05. The quantitative estimate of drug-likeness (QED) is 0.625. The molecule has 1 atom stereocenters. The van der Waals surface area contributed by atoms with Crippen molar-refractivity contribution < 1.29 is 14.6 Å². The van der Waals surface area contributed by atoms with Crippen LogP contribution in [0.15, 0.2) is 0 Å². The summed E-state index contributed by atoms with van der Waals surface area (Å²) < 4.78 is 5.19. The van der Waals surface area contributed by atoms with E-state index in [1.165, 1.54) is 0 Å². The van der Waals surface area contributed by atoms with E-state index in [1.807, 2.05) is 0 Å². The summed E-state index contributed by atoms with van der Waals surface area (Å²) in [7, 11) is 0. The van der Waals surface area contributed by atoms with Crippen molar-refractivity contribution in [3.63, 3.8) is 0 Å². The summed E-state index contributed by atoms with van der Waals surface area (Å²) in [5, 5.41) is 8.70. The Hall–Kier alpha value is -0.570. The van der Waals surface area contributed by atoms with Crippen LogP contribution in [0.4, 0.5) is 0 Å². The van der Waals surface area contributed by atoms with Crippen LogP contribution < -0.4 is 0 Å². The van der Waals surface area contributed by atoms with E-state index in [0.29, 0.717) is 13.0 Å². The molecule has 0 saturated carbocycles. The number of ether oxygens (including phenoxy) is 1. The molecule has 0 aliphatic carbocycles. The highest BCUT2D eigenvalue weighted by atomic mass is 16.5. The summed E-state index contributed by atoms with van der Waals surface area (Å²) in [6.45, 7) is 1.41. The van der Waals surface area contributed by atoms with Crippen molar-refractivity contribution in [2.45, 2.75) is 25.7 Å². The second-order valence-electron chi connectivity index (χ2n) is 2.93. The van der Waals surface area contributed by atoms with Crippen LogP contribution in [0.25, 0.3) is 0 Å². The second-order valence-corrected chi connectivity index (χ2v) is 2.93. The Morgan fingerprint density at radius 2 is 2.09 bits per heavy atom. The van der Waals surface area contributed by atoms with Crippen molar-refractivity contribution in [3.05, 3.63) is 0 Å². The molecule has 1 aliphatic heterocycles. The van der Waals surface area contributed by atoms with Gasteiger partial charge in [-0.15, -0.1) is 0 Å². The molecule has 0 spiro atoms. The molecule has 1 fully saturated rings. The van der Waals surface area contributed by atoms with Gasteiger partial charge in [-0.2, -0.15) is 0 Å². The maximum atomic E-state index is 10.6. The van der Waals surface area contributed by atoms with Crippen LogP contribution >= 0.6 is 0 Å². The van der Waals surface area contributed by atoms with Crippen LogP contribution in [0.2, 0.25) is 0 Å². The SMILES string of the molecule is O=C(O)[C@H]1CCCCOCC1. The molecule has 1 heterocycles. The molecular weight excluding hydrogens is 144 g/mol. The van der Waals surface area contributed by atoms with Gasteiger partial charge in [0.05, 0.1) is 5.92 Å². The van der Waals surface area contributed by atoms with Crippen molar-refractivity contribution >= 4 is 5.97 Å². The molecule has 3 heteroatoms. The van der Waals surface area contributed by atoms with Crippen molar-refractivity contribution in [2.24, 2.45) is 5.92 Å². The van der Waals surface area contributed by atoms with Crippen molar-refractivity contribution in [1.82, 2.24) is 0 Å². The summed E-state index contributed by atoms with van der Waals surface area (Å²) >= 11 is 0. The molecule has 1 rings (SSSR count). The van der Waals surface area contributed by atoms with Crippen LogP contribution in [0.3, 0.4) is 0 Å². The van der Waals surface area contributed by atoms with E-state index < -0.39 is 5.97 Å². The van der Waals surface area contributed by atoms with Gasteiger partial charge >= 0.3 is 5.97 Å². The fourth-order valence-corrected chi connectivity index (χ4v) is 1.31. The third kappa shape index (κ3) is 2.89. The summed E-state index contributed by atoms with van der Waals surface area (Å²) in [5.41, 5.74) is 0. The molecule has 0 aromatic carbocycles. The smallest absolute Gasteiger partial charge is 0.306 e. The number of rotatable bonds is 1. The Labute approximate surface area is 66.4 Å². The van der Waals surface area contributed by atoms with Crippen molar-refractivity contribution in [3.8, 4) is 0 Å². The van der Waals surface area contributed by atoms with E-state index in [-0.39, 0.29) is 5.92 Å². The molecule has 0 amide bonds. The van der Waals surface area contributed by atoms with Gasteiger partial charge in [-0.05, 0) is 19.3 Å². The Morgan fingerprint density at radius 1 is 1.27 bits per heavy atom. The Morgan fingerprint density at radius 3 is 2.82 bits per heavy atom. The number of carboxylic acid groups (broad SMARTS) is 1. The first-order valence-electron chi connectivity index (χ1n) is 4.11. The zero-order valence-electron chi connectivity index (χ0n) is 6.58. The molecule has 64 valence electrons. The Balaban J connectivity index is 2.32. The molecule has 0 radical (unpaired) electrons. The van der Waals surface area contributed by atoms with E-state index in [2.05, 4.69) is 0 Å². The first-order valence-corrected chi connectivity index (χ1v) is 4.11. The second kappa shape index (κ2) is 4.34. The molecule has 3 nitrogen and oxygen atoms in total. The predicted molar refractivity (Wildman–Crippen MR) is 40.4 cm³/mol. The van der Waals surface area contributed by atoms with Gasteiger partial charge in [-0.1, -0.05) is 6.42 Å². The first-order chi connectivity index (χ1) is 5.30. The minimum absolute atomic E-state index is 0.171. The van der Waals surface area contributed by atoms with Gasteiger partial charge < -0.3 is 9.84 Å². The van der Waals surface area contributed by atoms with Gasteiger partial charge in [0.15, 0.2) is 0 Å². The van der Waals surface area contributed by atoms with Crippen molar-refractivity contribution in [1.29, 1.82) is 0 Å². The van der Waals surface area contributed by atoms with Crippen LogP contribution in [-0.4, -0.2) is 24.3 Å². The van der Waals surface area contributed by atoms with E-state index in [0.717, 1.165) is 25.9 Å². The van der Waals surface area contributed by atoms with Gasteiger partial charge in [0, 0.05) is 13.2 Å². The van der Waals surface area contributed by atoms with Gasteiger partial charge in [0.25, 0.3) is 0 Å². The topological polar surface area (TPSA) is 46.5 Å². The largest absolute Gasteiger partial charge is 0.481 e. The fourth-order valence-electron chi connectivity index (χ4n) is 1.31. The molecule has 0 aromatic heterocycles. The van der Waals surface area contributed by atoms with E-state index >= 15 is 0 Å². The molecule has 0 bridgehead atoms. The lowest BCUT2D eigenvalue weighted by molar-refractivity contribution is -0.143. The molecule has 0 aromatic rings. The summed E-state index contributed by atoms with van der Waals surface area (Å²) in [6.07, 6.45) is 3.48. The highest BCUT2D eigenvalue weighted by Gasteiger charge is 2.17. The van der Waals surface area contributed by atoms with Crippen LogP contribution in [0.1, 0.15) is 25.7 Å². The van der Waals surface area contributed by atoms with Crippen LogP contribution in [0, 0.1) is 5.92 Å². The number of carboxylic acids is 1. The van der Waals surface area contributed by atoms with Gasteiger partial charge in [0.1, 0.15) is 0 Å². The zero-order valence-corrected chi connectivity index (χ0v) is 6.58. The molecule has 1 aliphatic rings. The molecular formula is C8H14O3. The molecule has 0 unspecified atom stereocenters. The number of aliphatic carboxylic acids is 1. The average molecular weight is 158 g/mol. The molecule has 1 N–H and O–H groups in total. The predicted octanol–water partition coefficient (Wildman–Crippen LogP) is 1.28. The Kier molecular flexibility index (Phi) is 3.36. The monoisotopic (exact) mass is 158 g/mol. The number of carbonyl (C=O) groups is 1. The lowest BCUT2D eigenvalue weighted by Gasteiger charge is -2.15. The Bertz CT molecular complexity index is 125. The minimum Gasteiger partial charge on any atom is -0.481 e. The molecule has 11 heavy (non-hydrogen) atoms. The highest BCUT2D eigenvalue weighted by Crippen LogP contribution is 2.15. The van der Waals surface area contributed by atoms with Gasteiger partial charge in [0.2, 0.25) is 0 Å². The summed E-state index contributed by atoms with van der Waals surface area (Å²) in [6, 6.07) is 0. The van der Waals surface area contributed by atoms with E-state index in [4.69, 9.17) is 9.84 Å². The summed E-state index contributed by atoms with van der Waals surface area (Å²) in [4.78, 5) is 10.6. The summed E-state index contributed by atoms with van der Waals surface area (Å²) in [5.74, 6) is -0.842. The van der Waals surface area contributed by atoms with E-state index in [9.17, 15) is 4.79 Å². The standard InChI is InChI=1S/C8H14O3/c9-8(10)7-3-1-2-5-11-6-4-7/h7H,1-6H2,(H,9,10)/t7-/m0/s1. The van der Waals surface area contributed by atoms with E-state index in [1.54, 1.807) is 0 Å². The first kappa shape index (κ1) is 8.53. The highest BCUT2D eigenvalue weighted by molar-refractivity contribution is 5.69. The number of hydrogen-bond acceptors (Lipinski definition) is 2. The maximum absolute atomic E-state index is 10.6. The normalized spacial score (nSPS) is 27.1. The van der Waals surface area contributed by atoms with Crippen LogP contribution in [0.5, 0.6) is 0 Å². The fraction of sp³-hybridized carbons (Fsp3) is 0.875. The van der Waals surface area contributed by atoms with Gasteiger partial charge in [-0.25, -0.2) is 0 Å². The van der Waals surface area contributed by atoms with Crippen molar-refractivity contribution in [2.75, 3.05) is 13.2 Å². The lowest BCUT2D eigenvalue weighted by atomic mass is 9.98. The third-order valence-corrected chi connectivity index (χ3v) is 2.05. The molecule has 1 saturated heterocycles. The lowest BCUT2D eigenvalue weighted by Crippen LogP contribution is -2.18. The number of hydrogen-bond donors (Lipinski definition) is 1. The van der Waals surface area contributed by atoms with Gasteiger partial charge in [-0.3, -0.25) is 4.79 Å². The average Bonchev–Trinajstić information content (AvgIpc) is 1.84. The maximum Gasteiger partial charge on any atom is 0.306 e. The minimum atomic E-state index is -0.671. The van der Waals surface area contributed by atoms with Crippen LogP contribution in [-0.2, 0) is 9.53 Å². The zero-order chi connectivity index (χ0) is 8.10.